The van der Waals surface area contributed by atoms with Gasteiger partial charge in [-0.15, -0.1) is 0 Å². The molecule has 0 unspecified atom stereocenters. The smallest absolute Gasteiger partial charge is 0.333 e. The van der Waals surface area contributed by atoms with Crippen molar-refractivity contribution in [2.75, 3.05) is 75.3 Å². The van der Waals surface area contributed by atoms with E-state index in [-0.39, 0.29) is 19.8 Å². The molecule has 0 fully saturated rings. The Morgan fingerprint density at radius 3 is 1.00 bits per heavy atom. The van der Waals surface area contributed by atoms with Crippen molar-refractivity contribution in [1.29, 1.82) is 0 Å². The average molecular weight is 505 g/mol. The molecule has 12 nitrogen and oxygen atoms in total. The summed E-state index contributed by atoms with van der Waals surface area (Å²) in [4.78, 5) is 53.6. The van der Waals surface area contributed by atoms with Crippen molar-refractivity contribution >= 4 is 35.8 Å². The number of ether oxygens (including phenoxy) is 3. The number of esters is 3. The third kappa shape index (κ3) is 10.1. The molecule has 0 amide bonds. The fourth-order valence-corrected chi connectivity index (χ4v) is 2.35. The molecule has 0 aliphatic carbocycles. The molecule has 12 heteroatoms. The zero-order chi connectivity index (χ0) is 27.4. The van der Waals surface area contributed by atoms with Gasteiger partial charge in [-0.05, 0) is 20.8 Å². The zero-order valence-electron chi connectivity index (χ0n) is 22.0. The summed E-state index contributed by atoms with van der Waals surface area (Å²) in [6.07, 6.45) is 0. The van der Waals surface area contributed by atoms with Crippen LogP contribution in [0.25, 0.3) is 0 Å². The van der Waals surface area contributed by atoms with E-state index in [1.165, 1.54) is 0 Å². The fourth-order valence-electron chi connectivity index (χ4n) is 2.35. The molecule has 36 heavy (non-hydrogen) atoms. The Morgan fingerprint density at radius 2 is 0.806 bits per heavy atom. The van der Waals surface area contributed by atoms with E-state index >= 15 is 0 Å². The molecule has 0 aliphatic rings. The summed E-state index contributed by atoms with van der Waals surface area (Å²) in [6, 6.07) is 0. The van der Waals surface area contributed by atoms with Crippen LogP contribution in [0.3, 0.4) is 0 Å². The first-order valence-corrected chi connectivity index (χ1v) is 11.2. The summed E-state index contributed by atoms with van der Waals surface area (Å²) in [6.45, 7) is 16.7. The van der Waals surface area contributed by atoms with E-state index in [0.29, 0.717) is 54.2 Å². The van der Waals surface area contributed by atoms with Gasteiger partial charge in [-0.2, -0.15) is 15.0 Å². The highest BCUT2D eigenvalue weighted by Gasteiger charge is 2.17. The van der Waals surface area contributed by atoms with Crippen molar-refractivity contribution in [2.24, 2.45) is 0 Å². The van der Waals surface area contributed by atoms with E-state index in [1.807, 2.05) is 0 Å². The number of hydrogen-bond donors (Lipinski definition) is 0. The summed E-state index contributed by atoms with van der Waals surface area (Å²) in [5.41, 5.74) is 0.931. The van der Waals surface area contributed by atoms with Gasteiger partial charge in [-0.3, -0.25) is 0 Å². The molecule has 1 rings (SSSR count). The van der Waals surface area contributed by atoms with Gasteiger partial charge >= 0.3 is 17.9 Å². The van der Waals surface area contributed by atoms with Crippen LogP contribution >= 0.6 is 0 Å². The minimum absolute atomic E-state index is 0.109. The highest BCUT2D eigenvalue weighted by molar-refractivity contribution is 5.87. The van der Waals surface area contributed by atoms with Gasteiger partial charge in [0, 0.05) is 37.9 Å². The van der Waals surface area contributed by atoms with Gasteiger partial charge in [0.1, 0.15) is 19.8 Å². The van der Waals surface area contributed by atoms with E-state index < -0.39 is 17.9 Å². The normalized spacial score (nSPS) is 10.2. The molecule has 0 spiro atoms. The maximum Gasteiger partial charge on any atom is 0.333 e. The van der Waals surface area contributed by atoms with Gasteiger partial charge in [-0.25, -0.2) is 14.4 Å². The molecule has 0 atom stereocenters. The highest BCUT2D eigenvalue weighted by atomic mass is 16.5. The lowest BCUT2D eigenvalue weighted by atomic mass is 10.4. The van der Waals surface area contributed by atoms with Crippen LogP contribution in [0.1, 0.15) is 20.8 Å². The molecule has 0 saturated carbocycles. The van der Waals surface area contributed by atoms with Crippen molar-refractivity contribution in [3.05, 3.63) is 36.5 Å². The monoisotopic (exact) mass is 504 g/mol. The maximum absolute atomic E-state index is 11.7. The van der Waals surface area contributed by atoms with Crippen LogP contribution in [-0.4, -0.2) is 93.5 Å². The molecule has 198 valence electrons. The van der Waals surface area contributed by atoms with Crippen LogP contribution in [0.15, 0.2) is 36.5 Å². The summed E-state index contributed by atoms with van der Waals surface area (Å²) >= 11 is 0. The average Bonchev–Trinajstić information content (AvgIpc) is 2.82. The van der Waals surface area contributed by atoms with Crippen LogP contribution in [0.2, 0.25) is 0 Å². The Kier molecular flexibility index (Phi) is 12.1. The number of likely N-dealkylation sites (N-methyl/N-ethyl adjacent to an activating group) is 3. The first-order chi connectivity index (χ1) is 16.8. The van der Waals surface area contributed by atoms with Gasteiger partial charge in [0.25, 0.3) is 0 Å². The quantitative estimate of drug-likeness (QED) is 0.195. The van der Waals surface area contributed by atoms with Gasteiger partial charge in [-0.1, -0.05) is 19.7 Å². The summed E-state index contributed by atoms with van der Waals surface area (Å²) < 4.78 is 15.5. The Morgan fingerprint density at radius 1 is 0.583 bits per heavy atom. The van der Waals surface area contributed by atoms with Gasteiger partial charge in [0.15, 0.2) is 0 Å². The minimum Gasteiger partial charge on any atom is -0.460 e. The third-order valence-electron chi connectivity index (χ3n) is 4.65. The predicted molar refractivity (Wildman–Crippen MR) is 137 cm³/mol. The summed E-state index contributed by atoms with van der Waals surface area (Å²) in [5, 5.41) is 0. The van der Waals surface area contributed by atoms with Crippen LogP contribution < -0.4 is 14.7 Å². The van der Waals surface area contributed by atoms with Crippen LogP contribution in [0, 0.1) is 0 Å². The molecule has 0 aromatic carbocycles. The van der Waals surface area contributed by atoms with Gasteiger partial charge < -0.3 is 28.9 Å². The molecule has 0 saturated heterocycles. The SMILES string of the molecule is C=C(C)C(=O)OCCN(C)c1nc(N(C)CCOC(=O)C(=C)C)nc(N(C)CCOC(=O)C(=C)C)n1. The Labute approximate surface area is 212 Å². The second kappa shape index (κ2) is 14.4. The van der Waals surface area contributed by atoms with Crippen molar-refractivity contribution in [2.45, 2.75) is 20.8 Å². The van der Waals surface area contributed by atoms with Crippen molar-refractivity contribution in [3.63, 3.8) is 0 Å². The number of anilines is 3. The van der Waals surface area contributed by atoms with E-state index in [9.17, 15) is 14.4 Å². The molecular weight excluding hydrogens is 468 g/mol. The molecular formula is C24H36N6O6. The predicted octanol–water partition coefficient (Wildman–Crippen LogP) is 1.54. The highest BCUT2D eigenvalue weighted by Crippen LogP contribution is 2.17. The number of aromatic nitrogens is 3. The number of nitrogens with zero attached hydrogens (tertiary/aromatic N) is 6. The lowest BCUT2D eigenvalue weighted by Crippen LogP contribution is -2.32. The van der Waals surface area contributed by atoms with Gasteiger partial charge in [0.2, 0.25) is 17.8 Å². The Hall–Kier alpha value is -3.96. The largest absolute Gasteiger partial charge is 0.460 e. The van der Waals surface area contributed by atoms with E-state index in [2.05, 4.69) is 34.7 Å². The molecule has 1 aromatic heterocycles. The van der Waals surface area contributed by atoms with E-state index in [1.54, 1.807) is 56.6 Å². The Bertz CT molecular complexity index is 859. The number of hydrogen-bond acceptors (Lipinski definition) is 12. The molecule has 0 aliphatic heterocycles. The number of carbonyl (C=O) groups is 3. The van der Waals surface area contributed by atoms with Crippen molar-refractivity contribution in [1.82, 2.24) is 15.0 Å². The molecule has 0 N–H and O–H groups in total. The Balaban J connectivity index is 3.02. The maximum atomic E-state index is 11.7. The lowest BCUT2D eigenvalue weighted by molar-refractivity contribution is -0.139. The van der Waals surface area contributed by atoms with Crippen molar-refractivity contribution < 1.29 is 28.6 Å². The standard InChI is InChI=1S/C24H36N6O6/c1-16(2)19(31)34-13-10-28(7)22-25-23(29(8)11-14-35-20(32)17(3)4)27-24(26-22)30(9)12-15-36-21(33)18(5)6/h1,3,5,10-15H2,2,4,6-9H3. The minimum atomic E-state index is -0.478. The molecule has 0 radical (unpaired) electrons. The van der Waals surface area contributed by atoms with Crippen LogP contribution in [0.4, 0.5) is 17.8 Å². The van der Waals surface area contributed by atoms with Gasteiger partial charge in [0.05, 0.1) is 19.6 Å². The summed E-state index contributed by atoms with van der Waals surface area (Å²) in [7, 11) is 5.25. The number of rotatable bonds is 15. The first-order valence-electron chi connectivity index (χ1n) is 11.2. The van der Waals surface area contributed by atoms with Crippen LogP contribution in [0.5, 0.6) is 0 Å². The zero-order valence-corrected chi connectivity index (χ0v) is 22.0. The van der Waals surface area contributed by atoms with Crippen LogP contribution in [-0.2, 0) is 28.6 Å². The van der Waals surface area contributed by atoms with E-state index in [4.69, 9.17) is 14.2 Å². The third-order valence-corrected chi connectivity index (χ3v) is 4.65. The van der Waals surface area contributed by atoms with E-state index in [0.717, 1.165) is 0 Å². The second-order valence-electron chi connectivity index (χ2n) is 8.25. The lowest BCUT2D eigenvalue weighted by Gasteiger charge is -2.24. The first kappa shape index (κ1) is 30.1. The molecule has 0 bridgehead atoms. The topological polar surface area (TPSA) is 127 Å². The number of carbonyl (C=O) groups excluding carboxylic acids is 3. The molecule has 1 heterocycles. The fraction of sp³-hybridized carbons (Fsp3) is 0.500. The molecule has 1 aromatic rings. The summed E-state index contributed by atoms with van der Waals surface area (Å²) in [5.74, 6) is -0.440. The second-order valence-corrected chi connectivity index (χ2v) is 8.25. The van der Waals surface area contributed by atoms with Crippen molar-refractivity contribution in [3.8, 4) is 0 Å².